The van der Waals surface area contributed by atoms with E-state index in [2.05, 4.69) is 11.0 Å². The number of ether oxygens (including phenoxy) is 1. The first-order valence-electron chi connectivity index (χ1n) is 7.97. The number of hydrogen-bond acceptors (Lipinski definition) is 4. The van der Waals surface area contributed by atoms with Gasteiger partial charge in [-0.15, -0.1) is 24.8 Å². The van der Waals surface area contributed by atoms with Crippen LogP contribution < -0.4 is 5.73 Å². The maximum absolute atomic E-state index is 12.7. The predicted octanol–water partition coefficient (Wildman–Crippen LogP) is 2.27. The van der Waals surface area contributed by atoms with E-state index >= 15 is 0 Å². The number of piperidine rings is 3. The first-order valence-corrected chi connectivity index (χ1v) is 7.97. The van der Waals surface area contributed by atoms with Gasteiger partial charge in [0.25, 0.3) is 0 Å². The van der Waals surface area contributed by atoms with Crippen LogP contribution in [-0.2, 0) is 21.5 Å². The summed E-state index contributed by atoms with van der Waals surface area (Å²) in [6.45, 7) is 3.18. The molecular formula is C17H24Cl2N2O2. The molecule has 1 aromatic rings. The zero-order valence-electron chi connectivity index (χ0n) is 13.1. The summed E-state index contributed by atoms with van der Waals surface area (Å²) in [7, 11) is 0. The zero-order valence-corrected chi connectivity index (χ0v) is 14.7. The first-order chi connectivity index (χ1) is 10.2. The second-order valence-corrected chi connectivity index (χ2v) is 6.71. The van der Waals surface area contributed by atoms with Gasteiger partial charge in [-0.3, -0.25) is 4.90 Å². The molecule has 0 spiro atoms. The van der Waals surface area contributed by atoms with Crippen molar-refractivity contribution in [1.29, 1.82) is 0 Å². The molecule has 0 radical (unpaired) electrons. The summed E-state index contributed by atoms with van der Waals surface area (Å²) >= 11 is 0. The number of esters is 1. The highest BCUT2D eigenvalue weighted by Crippen LogP contribution is 2.37. The van der Waals surface area contributed by atoms with Gasteiger partial charge in [0.05, 0.1) is 0 Å². The molecule has 5 rings (SSSR count). The Morgan fingerprint density at radius 2 is 1.91 bits per heavy atom. The Morgan fingerprint density at radius 1 is 1.22 bits per heavy atom. The van der Waals surface area contributed by atoms with E-state index in [0.29, 0.717) is 12.3 Å². The van der Waals surface area contributed by atoms with Gasteiger partial charge in [-0.25, -0.2) is 4.79 Å². The smallest absolute Gasteiger partial charge is 0.331 e. The number of fused-ring (bicyclic) bond motifs is 4. The van der Waals surface area contributed by atoms with Gasteiger partial charge in [0, 0.05) is 6.54 Å². The molecule has 1 unspecified atom stereocenters. The molecule has 4 nitrogen and oxygen atoms in total. The lowest BCUT2D eigenvalue weighted by Gasteiger charge is -2.44. The molecule has 1 aromatic carbocycles. The number of carbonyl (C=O) groups excluding carboxylic acids is 1. The summed E-state index contributed by atoms with van der Waals surface area (Å²) in [5.41, 5.74) is 7.64. The maximum atomic E-state index is 12.7. The van der Waals surface area contributed by atoms with Crippen molar-refractivity contribution in [3.63, 3.8) is 0 Å². The molecule has 2 N–H and O–H groups in total. The van der Waals surface area contributed by atoms with Crippen molar-refractivity contribution in [2.45, 2.75) is 37.3 Å². The molecule has 3 fully saturated rings. The number of carbonyl (C=O) groups is 1. The van der Waals surface area contributed by atoms with Crippen LogP contribution in [0.2, 0.25) is 0 Å². The van der Waals surface area contributed by atoms with Crippen LogP contribution in [0, 0.1) is 5.92 Å². The fourth-order valence-electron chi connectivity index (χ4n) is 4.14. The number of halogens is 2. The molecule has 0 amide bonds. The third-order valence-corrected chi connectivity index (χ3v) is 5.51. The molecule has 0 aromatic heterocycles. The van der Waals surface area contributed by atoms with Gasteiger partial charge < -0.3 is 10.5 Å². The van der Waals surface area contributed by atoms with Gasteiger partial charge in [-0.2, -0.15) is 0 Å². The molecule has 128 valence electrons. The summed E-state index contributed by atoms with van der Waals surface area (Å²) in [6, 6.07) is 7.99. The summed E-state index contributed by atoms with van der Waals surface area (Å²) in [5.74, 6) is 0.297. The Hall–Kier alpha value is -0.810. The van der Waals surface area contributed by atoms with Crippen molar-refractivity contribution in [1.82, 2.24) is 4.90 Å². The van der Waals surface area contributed by atoms with E-state index in [1.54, 1.807) is 0 Å². The number of hydrogen-bond donors (Lipinski definition) is 1. The van der Waals surface area contributed by atoms with E-state index in [0.717, 1.165) is 44.5 Å². The van der Waals surface area contributed by atoms with E-state index in [-0.39, 0.29) is 36.9 Å². The molecule has 3 heterocycles. The monoisotopic (exact) mass is 358 g/mol. The lowest BCUT2D eigenvalue weighted by atomic mass is 9.85. The quantitative estimate of drug-likeness (QED) is 0.823. The van der Waals surface area contributed by atoms with E-state index in [4.69, 9.17) is 10.5 Å². The highest BCUT2D eigenvalue weighted by Gasteiger charge is 2.46. The number of benzene rings is 1. The number of aryl methyl sites for hydroxylation is 1. The lowest BCUT2D eigenvalue weighted by Crippen LogP contribution is -2.54. The van der Waals surface area contributed by atoms with E-state index in [9.17, 15) is 4.79 Å². The number of rotatable bonds is 2. The molecule has 1 aliphatic carbocycles. The Kier molecular flexibility index (Phi) is 5.62. The third-order valence-electron chi connectivity index (χ3n) is 5.51. The molecule has 3 aliphatic heterocycles. The normalized spacial score (nSPS) is 34.0. The second-order valence-electron chi connectivity index (χ2n) is 6.71. The molecule has 2 atom stereocenters. The number of nitrogens with zero attached hydrogens (tertiary/aromatic N) is 1. The van der Waals surface area contributed by atoms with E-state index in [1.807, 2.05) is 18.2 Å². The molecule has 6 heteroatoms. The molecule has 3 saturated heterocycles. The van der Waals surface area contributed by atoms with Crippen LogP contribution in [-0.4, -0.2) is 36.6 Å². The Bertz CT molecular complexity index is 575. The third kappa shape index (κ3) is 3.10. The Labute approximate surface area is 149 Å². The molecule has 23 heavy (non-hydrogen) atoms. The fraction of sp³-hybridized carbons (Fsp3) is 0.588. The number of nitrogens with two attached hydrogens (primary N) is 1. The minimum Gasteiger partial charge on any atom is -0.459 e. The highest BCUT2D eigenvalue weighted by molar-refractivity contribution is 5.85. The maximum Gasteiger partial charge on any atom is 0.331 e. The van der Waals surface area contributed by atoms with Crippen molar-refractivity contribution >= 4 is 30.8 Å². The Balaban J connectivity index is 0.000000960. The molecule has 0 saturated carbocycles. The topological polar surface area (TPSA) is 55.6 Å². The average Bonchev–Trinajstić information content (AvgIpc) is 2.88. The van der Waals surface area contributed by atoms with Gasteiger partial charge >= 0.3 is 5.97 Å². The Morgan fingerprint density at radius 3 is 2.57 bits per heavy atom. The minimum absolute atomic E-state index is 0. The fourth-order valence-corrected chi connectivity index (χ4v) is 4.14. The summed E-state index contributed by atoms with van der Waals surface area (Å²) in [4.78, 5) is 15.1. The molecule has 4 aliphatic rings. The second kappa shape index (κ2) is 6.98. The zero-order chi connectivity index (χ0) is 14.4. The summed E-state index contributed by atoms with van der Waals surface area (Å²) in [5, 5.41) is 0. The standard InChI is InChI=1S/C17H22N2O2.2ClH/c18-17(8-5-12-3-1-2-4-14(12)17)16(20)21-15-11-19-9-6-13(15)7-10-19;;/h1-4,13,15H,5-11,18H2;2*1H/t15-,17?;;/m0../s1. The first kappa shape index (κ1) is 18.5. The van der Waals surface area contributed by atoms with Gasteiger partial charge in [0.1, 0.15) is 11.6 Å². The summed E-state index contributed by atoms with van der Waals surface area (Å²) in [6.07, 6.45) is 3.85. The van der Waals surface area contributed by atoms with Crippen LogP contribution in [0.25, 0.3) is 0 Å². The largest absolute Gasteiger partial charge is 0.459 e. The van der Waals surface area contributed by atoms with Crippen molar-refractivity contribution < 1.29 is 9.53 Å². The van der Waals surface area contributed by atoms with Crippen molar-refractivity contribution in [3.05, 3.63) is 35.4 Å². The van der Waals surface area contributed by atoms with Crippen molar-refractivity contribution in [3.8, 4) is 0 Å². The van der Waals surface area contributed by atoms with Crippen LogP contribution >= 0.6 is 24.8 Å². The van der Waals surface area contributed by atoms with Crippen LogP contribution in [0.5, 0.6) is 0 Å². The van der Waals surface area contributed by atoms with Gasteiger partial charge in [0.15, 0.2) is 0 Å². The summed E-state index contributed by atoms with van der Waals surface area (Å²) < 4.78 is 5.86. The van der Waals surface area contributed by atoms with E-state index in [1.165, 1.54) is 5.56 Å². The van der Waals surface area contributed by atoms with Crippen LogP contribution in [0.1, 0.15) is 30.4 Å². The van der Waals surface area contributed by atoms with Crippen molar-refractivity contribution in [2.75, 3.05) is 19.6 Å². The average molecular weight is 359 g/mol. The van der Waals surface area contributed by atoms with Crippen LogP contribution in [0.4, 0.5) is 0 Å². The van der Waals surface area contributed by atoms with Gasteiger partial charge in [-0.05, 0) is 55.8 Å². The highest BCUT2D eigenvalue weighted by atomic mass is 35.5. The molecule has 2 bridgehead atoms. The molecular weight excluding hydrogens is 335 g/mol. The van der Waals surface area contributed by atoms with Crippen LogP contribution in [0.3, 0.4) is 0 Å². The predicted molar refractivity (Wildman–Crippen MR) is 94.2 cm³/mol. The lowest BCUT2D eigenvalue weighted by molar-refractivity contribution is -0.165. The van der Waals surface area contributed by atoms with Gasteiger partial charge in [-0.1, -0.05) is 24.3 Å². The van der Waals surface area contributed by atoms with Gasteiger partial charge in [0.2, 0.25) is 0 Å². The van der Waals surface area contributed by atoms with E-state index < -0.39 is 5.54 Å². The minimum atomic E-state index is -0.942. The van der Waals surface area contributed by atoms with Crippen LogP contribution in [0.15, 0.2) is 24.3 Å². The van der Waals surface area contributed by atoms with Crippen molar-refractivity contribution in [2.24, 2.45) is 11.7 Å². The SMILES string of the molecule is Cl.Cl.NC1(C(=O)O[C@H]2CN3CCC2CC3)CCc2ccccc21.